The van der Waals surface area contributed by atoms with Crippen LogP contribution in [0.15, 0.2) is 6.07 Å². The summed E-state index contributed by atoms with van der Waals surface area (Å²) < 4.78 is 1.82. The van der Waals surface area contributed by atoms with E-state index in [0.717, 1.165) is 2.88 Å². The summed E-state index contributed by atoms with van der Waals surface area (Å²) in [5.41, 5.74) is 6.10. The van der Waals surface area contributed by atoms with E-state index in [-0.39, 0.29) is 0 Å². The van der Waals surface area contributed by atoms with E-state index in [4.69, 9.17) is 17.3 Å². The van der Waals surface area contributed by atoms with E-state index in [9.17, 15) is 0 Å². The Morgan fingerprint density at radius 1 is 1.75 bits per heavy atom. The minimum atomic E-state index is 0.682. The molecule has 1 nitrogen and oxygen atoms in total. The van der Waals surface area contributed by atoms with E-state index in [1.165, 1.54) is 11.3 Å². The summed E-state index contributed by atoms with van der Waals surface area (Å²) in [6.07, 6.45) is 0. The third kappa shape index (κ3) is 1.27. The second kappa shape index (κ2) is 2.41. The lowest BCUT2D eigenvalue weighted by atomic mass is 10.6. The van der Waals surface area contributed by atoms with E-state index < -0.39 is 0 Å². The highest BCUT2D eigenvalue weighted by atomic mass is 127. The molecule has 44 valence electrons. The third-order valence-electron chi connectivity index (χ3n) is 0.683. The van der Waals surface area contributed by atoms with Crippen molar-refractivity contribution in [2.45, 2.75) is 0 Å². The van der Waals surface area contributed by atoms with Crippen LogP contribution in [0.4, 0.5) is 5.69 Å². The van der Waals surface area contributed by atoms with Crippen molar-refractivity contribution in [1.29, 1.82) is 0 Å². The fourth-order valence-electron chi connectivity index (χ4n) is 0.353. The number of hydrogen-bond acceptors (Lipinski definition) is 2. The Morgan fingerprint density at radius 3 is 2.50 bits per heavy atom. The van der Waals surface area contributed by atoms with Crippen LogP contribution in [0.5, 0.6) is 0 Å². The highest BCUT2D eigenvalue weighted by Gasteiger charge is 1.98. The van der Waals surface area contributed by atoms with Gasteiger partial charge < -0.3 is 5.73 Å². The fourth-order valence-corrected chi connectivity index (χ4v) is 2.58. The predicted octanol–water partition coefficient (Wildman–Crippen LogP) is 2.59. The average molecular weight is 259 g/mol. The van der Waals surface area contributed by atoms with E-state index in [1.54, 1.807) is 0 Å². The molecule has 0 bridgehead atoms. The van der Waals surface area contributed by atoms with Crippen molar-refractivity contribution in [3.63, 3.8) is 0 Å². The molecule has 0 atom stereocenters. The molecule has 0 fully saturated rings. The molecule has 1 aromatic rings. The Morgan fingerprint density at radius 2 is 2.38 bits per heavy atom. The van der Waals surface area contributed by atoms with Gasteiger partial charge in [0.05, 0.1) is 8.57 Å². The third-order valence-corrected chi connectivity index (χ3v) is 2.83. The molecule has 4 heteroatoms. The molecule has 0 radical (unpaired) electrons. The lowest BCUT2D eigenvalue weighted by molar-refractivity contribution is 1.86. The molecule has 8 heavy (non-hydrogen) atoms. The summed E-state index contributed by atoms with van der Waals surface area (Å²) in [6.45, 7) is 0. The van der Waals surface area contributed by atoms with Crippen LogP contribution in [0.3, 0.4) is 0 Å². The van der Waals surface area contributed by atoms with Crippen LogP contribution in [0.2, 0.25) is 4.34 Å². The standard InChI is InChI=1S/C4H3ClINS/c5-4-2(7)1-3(6)8-4/h1H,7H2. The lowest BCUT2D eigenvalue weighted by Gasteiger charge is -1.78. The second-order valence-corrected chi connectivity index (χ2v) is 4.83. The molecule has 0 aromatic carbocycles. The Balaban J connectivity index is 3.14. The van der Waals surface area contributed by atoms with E-state index >= 15 is 0 Å². The normalized spacial score (nSPS) is 9.75. The zero-order valence-corrected chi connectivity index (χ0v) is 7.55. The number of nitrogen functional groups attached to an aromatic ring is 1. The van der Waals surface area contributed by atoms with Crippen molar-refractivity contribution in [1.82, 2.24) is 0 Å². The van der Waals surface area contributed by atoms with Gasteiger partial charge in [-0.15, -0.1) is 11.3 Å². The maximum absolute atomic E-state index is 5.62. The maximum atomic E-state index is 5.62. The van der Waals surface area contributed by atoms with Gasteiger partial charge in [-0.2, -0.15) is 0 Å². The summed E-state index contributed by atoms with van der Waals surface area (Å²) >= 11 is 9.29. The Bertz CT molecular complexity index is 178. The molecule has 0 aliphatic carbocycles. The molecule has 1 rings (SSSR count). The smallest absolute Gasteiger partial charge is 0.117 e. The van der Waals surface area contributed by atoms with Crippen molar-refractivity contribution in [3.05, 3.63) is 13.3 Å². The van der Waals surface area contributed by atoms with Crippen molar-refractivity contribution in [2.75, 3.05) is 5.73 Å². The summed E-state index contributed by atoms with van der Waals surface area (Å²) in [5.74, 6) is 0. The molecule has 0 saturated carbocycles. The molecular weight excluding hydrogens is 256 g/mol. The predicted molar refractivity (Wildman–Crippen MR) is 46.5 cm³/mol. The van der Waals surface area contributed by atoms with Crippen LogP contribution in [-0.2, 0) is 0 Å². The van der Waals surface area contributed by atoms with Crippen LogP contribution in [0.1, 0.15) is 0 Å². The van der Waals surface area contributed by atoms with Gasteiger partial charge in [-0.05, 0) is 28.7 Å². The number of rotatable bonds is 0. The van der Waals surface area contributed by atoms with Gasteiger partial charge in [0.15, 0.2) is 0 Å². The van der Waals surface area contributed by atoms with Gasteiger partial charge in [-0.25, -0.2) is 0 Å². The van der Waals surface area contributed by atoms with E-state index in [2.05, 4.69) is 22.6 Å². The minimum absolute atomic E-state index is 0.682. The highest BCUT2D eigenvalue weighted by Crippen LogP contribution is 2.30. The minimum Gasteiger partial charge on any atom is -0.397 e. The zero-order valence-electron chi connectivity index (χ0n) is 3.82. The van der Waals surface area contributed by atoms with Gasteiger partial charge in [0, 0.05) is 0 Å². The molecule has 2 N–H and O–H groups in total. The lowest BCUT2D eigenvalue weighted by Crippen LogP contribution is -1.77. The summed E-state index contributed by atoms with van der Waals surface area (Å²) in [6, 6.07) is 1.85. The number of thiophene rings is 1. The summed E-state index contributed by atoms with van der Waals surface area (Å²) in [7, 11) is 0. The monoisotopic (exact) mass is 259 g/mol. The van der Waals surface area contributed by atoms with Gasteiger partial charge >= 0.3 is 0 Å². The van der Waals surface area contributed by atoms with Gasteiger partial charge in [0.1, 0.15) is 4.34 Å². The quantitative estimate of drug-likeness (QED) is 0.712. The topological polar surface area (TPSA) is 26.0 Å². The number of halogens is 2. The first-order valence-corrected chi connectivity index (χ1v) is 4.18. The van der Waals surface area contributed by atoms with Gasteiger partial charge in [-0.1, -0.05) is 11.6 Å². The number of hydrogen-bond donors (Lipinski definition) is 1. The molecular formula is C4H3ClINS. The van der Waals surface area contributed by atoms with Crippen molar-refractivity contribution in [3.8, 4) is 0 Å². The molecule has 0 amide bonds. The summed E-state index contributed by atoms with van der Waals surface area (Å²) in [4.78, 5) is 0. The first-order valence-electron chi connectivity index (χ1n) is 1.90. The second-order valence-electron chi connectivity index (χ2n) is 1.28. The van der Waals surface area contributed by atoms with E-state index in [0.29, 0.717) is 10.0 Å². The van der Waals surface area contributed by atoms with Crippen molar-refractivity contribution < 1.29 is 0 Å². The number of anilines is 1. The fraction of sp³-hybridized carbons (Fsp3) is 0. The molecule has 0 unspecified atom stereocenters. The number of nitrogens with two attached hydrogens (primary N) is 1. The van der Waals surface area contributed by atoms with Crippen LogP contribution in [0.25, 0.3) is 0 Å². The molecule has 0 aliphatic rings. The van der Waals surface area contributed by atoms with Crippen molar-refractivity contribution >= 4 is 51.2 Å². The van der Waals surface area contributed by atoms with Crippen LogP contribution in [0, 0.1) is 2.88 Å². The molecule has 1 heterocycles. The van der Waals surface area contributed by atoms with Gasteiger partial charge in [-0.3, -0.25) is 0 Å². The Labute approximate surface area is 70.0 Å². The van der Waals surface area contributed by atoms with E-state index in [1.807, 2.05) is 6.07 Å². The first kappa shape index (κ1) is 6.64. The molecule has 0 aliphatic heterocycles. The van der Waals surface area contributed by atoms with Crippen LogP contribution in [-0.4, -0.2) is 0 Å². The van der Waals surface area contributed by atoms with Crippen LogP contribution >= 0.6 is 45.5 Å². The SMILES string of the molecule is Nc1cc(I)sc1Cl. The van der Waals surface area contributed by atoms with Crippen LogP contribution < -0.4 is 5.73 Å². The highest BCUT2D eigenvalue weighted by molar-refractivity contribution is 14.1. The molecule has 0 spiro atoms. The summed E-state index contributed by atoms with van der Waals surface area (Å²) in [5, 5.41) is 0. The molecule has 0 saturated heterocycles. The maximum Gasteiger partial charge on any atom is 0.117 e. The van der Waals surface area contributed by atoms with Gasteiger partial charge in [0.2, 0.25) is 0 Å². The Kier molecular flexibility index (Phi) is 2.00. The Hall–Kier alpha value is 0.520. The largest absolute Gasteiger partial charge is 0.397 e. The first-order chi connectivity index (χ1) is 3.70. The average Bonchev–Trinajstić information content (AvgIpc) is 1.85. The van der Waals surface area contributed by atoms with Crippen molar-refractivity contribution in [2.24, 2.45) is 0 Å². The molecule has 1 aromatic heterocycles. The van der Waals surface area contributed by atoms with Gasteiger partial charge in [0.25, 0.3) is 0 Å². The zero-order chi connectivity index (χ0) is 6.15.